The van der Waals surface area contributed by atoms with Crippen molar-refractivity contribution in [3.05, 3.63) is 64.8 Å². The molecule has 2 aromatic rings. The van der Waals surface area contributed by atoms with Gasteiger partial charge in [-0.15, -0.1) is 0 Å². The molecular weight excluding hydrogens is 392 g/mol. The minimum atomic E-state index is -0.357. The van der Waals surface area contributed by atoms with Gasteiger partial charge < -0.3 is 14.8 Å². The number of hydrogen-bond acceptors (Lipinski definition) is 5. The molecule has 0 aliphatic carbocycles. The predicted octanol–water partition coefficient (Wildman–Crippen LogP) is 3.97. The molecule has 0 radical (unpaired) electrons. The van der Waals surface area contributed by atoms with Crippen LogP contribution >= 0.6 is 11.6 Å². The van der Waals surface area contributed by atoms with Crippen LogP contribution in [0.5, 0.6) is 5.75 Å². The summed E-state index contributed by atoms with van der Waals surface area (Å²) < 4.78 is 10.5. The number of amides is 2. The van der Waals surface area contributed by atoms with Gasteiger partial charge in [0.25, 0.3) is 11.8 Å². The van der Waals surface area contributed by atoms with Crippen molar-refractivity contribution in [2.75, 3.05) is 32.2 Å². The Morgan fingerprint density at radius 2 is 1.69 bits per heavy atom. The van der Waals surface area contributed by atoms with E-state index in [4.69, 9.17) is 21.1 Å². The lowest BCUT2D eigenvalue weighted by molar-refractivity contribution is -0.136. The summed E-state index contributed by atoms with van der Waals surface area (Å²) in [5.41, 5.74) is 1.90. The lowest BCUT2D eigenvalue weighted by atomic mass is 10.0. The van der Waals surface area contributed by atoms with E-state index in [0.29, 0.717) is 41.5 Å². The Morgan fingerprint density at radius 3 is 2.31 bits per heavy atom. The first kappa shape index (κ1) is 20.9. The van der Waals surface area contributed by atoms with Gasteiger partial charge in [-0.1, -0.05) is 23.7 Å². The first-order chi connectivity index (χ1) is 14.0. The number of nitrogens with zero attached hydrogens (tertiary/aromatic N) is 1. The number of benzene rings is 2. The van der Waals surface area contributed by atoms with Gasteiger partial charge in [-0.05, 0) is 55.3 Å². The molecule has 0 spiro atoms. The van der Waals surface area contributed by atoms with Crippen molar-refractivity contribution in [1.29, 1.82) is 0 Å². The van der Waals surface area contributed by atoms with Crippen LogP contribution in [0.25, 0.3) is 5.57 Å². The summed E-state index contributed by atoms with van der Waals surface area (Å²) in [6.07, 6.45) is 0.568. The van der Waals surface area contributed by atoms with E-state index in [1.807, 2.05) is 31.2 Å². The zero-order valence-corrected chi connectivity index (χ0v) is 17.2. The SMILES string of the molecule is CCOc1ccc(NC2=C(c3ccc(Cl)cc3)C(=O)N(CCCOC)C2=O)cc1. The lowest BCUT2D eigenvalue weighted by Crippen LogP contribution is -2.33. The van der Waals surface area contributed by atoms with Gasteiger partial charge >= 0.3 is 0 Å². The summed E-state index contributed by atoms with van der Waals surface area (Å²) in [6.45, 7) is 3.24. The molecule has 29 heavy (non-hydrogen) atoms. The molecule has 0 fully saturated rings. The molecule has 7 heteroatoms. The van der Waals surface area contributed by atoms with Crippen LogP contribution in [0.15, 0.2) is 54.2 Å². The van der Waals surface area contributed by atoms with Crippen molar-refractivity contribution in [2.24, 2.45) is 0 Å². The maximum atomic E-state index is 13.0. The fourth-order valence-electron chi connectivity index (χ4n) is 3.09. The average molecular weight is 415 g/mol. The van der Waals surface area contributed by atoms with Crippen molar-refractivity contribution in [1.82, 2.24) is 4.90 Å². The van der Waals surface area contributed by atoms with Crippen LogP contribution in [0.4, 0.5) is 5.69 Å². The summed E-state index contributed by atoms with van der Waals surface area (Å²) in [5.74, 6) is 0.0479. The summed E-state index contributed by atoms with van der Waals surface area (Å²) in [6, 6.07) is 14.1. The van der Waals surface area contributed by atoms with E-state index in [0.717, 1.165) is 5.75 Å². The minimum Gasteiger partial charge on any atom is -0.494 e. The second kappa shape index (κ2) is 9.58. The zero-order valence-electron chi connectivity index (χ0n) is 16.4. The second-order valence-corrected chi connectivity index (χ2v) is 6.88. The Balaban J connectivity index is 1.93. The van der Waals surface area contributed by atoms with Crippen molar-refractivity contribution >= 4 is 34.7 Å². The summed E-state index contributed by atoms with van der Waals surface area (Å²) in [7, 11) is 1.59. The molecule has 0 aromatic heterocycles. The standard InChI is InChI=1S/C22H23ClN2O4/c1-3-29-18-11-9-17(10-12-18)24-20-19(15-5-7-16(23)8-6-15)21(26)25(22(20)27)13-4-14-28-2/h5-12,24H,3-4,13-14H2,1-2H3. The van der Waals surface area contributed by atoms with Crippen LogP contribution in [0.2, 0.25) is 5.02 Å². The number of carbonyl (C=O) groups excluding carboxylic acids is 2. The molecule has 152 valence electrons. The van der Waals surface area contributed by atoms with Crippen LogP contribution in [-0.2, 0) is 14.3 Å². The van der Waals surface area contributed by atoms with Crippen molar-refractivity contribution < 1.29 is 19.1 Å². The molecule has 1 heterocycles. The number of anilines is 1. The fraction of sp³-hybridized carbons (Fsp3) is 0.273. The number of methoxy groups -OCH3 is 1. The van der Waals surface area contributed by atoms with Gasteiger partial charge in [-0.25, -0.2) is 0 Å². The van der Waals surface area contributed by atoms with E-state index >= 15 is 0 Å². The molecule has 0 bridgehead atoms. The Bertz CT molecular complexity index is 907. The van der Waals surface area contributed by atoms with Gasteiger partial charge in [0, 0.05) is 31.0 Å². The molecule has 0 saturated carbocycles. The highest BCUT2D eigenvalue weighted by molar-refractivity contribution is 6.36. The van der Waals surface area contributed by atoms with Crippen molar-refractivity contribution in [3.63, 3.8) is 0 Å². The van der Waals surface area contributed by atoms with E-state index in [-0.39, 0.29) is 24.1 Å². The number of carbonyl (C=O) groups is 2. The average Bonchev–Trinajstić information content (AvgIpc) is 2.95. The first-order valence-electron chi connectivity index (χ1n) is 9.40. The number of halogens is 1. The van der Waals surface area contributed by atoms with E-state index in [1.165, 1.54) is 4.90 Å². The molecule has 3 rings (SSSR count). The molecule has 6 nitrogen and oxygen atoms in total. The van der Waals surface area contributed by atoms with Gasteiger partial charge in [0.05, 0.1) is 12.2 Å². The maximum Gasteiger partial charge on any atom is 0.278 e. The van der Waals surface area contributed by atoms with Gasteiger partial charge in [0.2, 0.25) is 0 Å². The molecule has 0 saturated heterocycles. The highest BCUT2D eigenvalue weighted by Crippen LogP contribution is 2.31. The molecule has 0 atom stereocenters. The Morgan fingerprint density at radius 1 is 1.00 bits per heavy atom. The van der Waals surface area contributed by atoms with Gasteiger partial charge in [0.1, 0.15) is 11.4 Å². The Hall–Kier alpha value is -2.83. The van der Waals surface area contributed by atoms with E-state index in [2.05, 4.69) is 5.32 Å². The molecule has 1 aliphatic rings. The highest BCUT2D eigenvalue weighted by atomic mass is 35.5. The second-order valence-electron chi connectivity index (χ2n) is 6.45. The summed E-state index contributed by atoms with van der Waals surface area (Å²) in [4.78, 5) is 27.3. The third-order valence-electron chi connectivity index (χ3n) is 4.47. The third-order valence-corrected chi connectivity index (χ3v) is 4.72. The zero-order chi connectivity index (χ0) is 20.8. The van der Waals surface area contributed by atoms with Crippen LogP contribution in [-0.4, -0.2) is 43.6 Å². The Kier molecular flexibility index (Phi) is 6.90. The molecular formula is C22H23ClN2O4. The first-order valence-corrected chi connectivity index (χ1v) is 9.78. The van der Waals surface area contributed by atoms with Gasteiger partial charge in [-0.2, -0.15) is 0 Å². The number of ether oxygens (including phenoxy) is 2. The van der Waals surface area contributed by atoms with Gasteiger partial charge in [-0.3, -0.25) is 14.5 Å². The van der Waals surface area contributed by atoms with E-state index in [9.17, 15) is 9.59 Å². The van der Waals surface area contributed by atoms with Crippen LogP contribution < -0.4 is 10.1 Å². The van der Waals surface area contributed by atoms with Crippen molar-refractivity contribution in [2.45, 2.75) is 13.3 Å². The van der Waals surface area contributed by atoms with Gasteiger partial charge in [0.15, 0.2) is 0 Å². The molecule has 2 amide bonds. The normalized spacial score (nSPS) is 14.0. The third kappa shape index (κ3) is 4.78. The number of hydrogen-bond donors (Lipinski definition) is 1. The molecule has 1 aliphatic heterocycles. The van der Waals surface area contributed by atoms with Crippen LogP contribution in [0.1, 0.15) is 18.9 Å². The van der Waals surface area contributed by atoms with E-state index in [1.54, 1.807) is 31.4 Å². The molecule has 2 aromatic carbocycles. The number of imide groups is 1. The summed E-state index contributed by atoms with van der Waals surface area (Å²) >= 11 is 5.98. The smallest absolute Gasteiger partial charge is 0.278 e. The predicted molar refractivity (Wildman–Crippen MR) is 113 cm³/mol. The van der Waals surface area contributed by atoms with E-state index < -0.39 is 0 Å². The number of rotatable bonds is 9. The monoisotopic (exact) mass is 414 g/mol. The summed E-state index contributed by atoms with van der Waals surface area (Å²) in [5, 5.41) is 3.68. The number of nitrogens with one attached hydrogen (secondary N) is 1. The van der Waals surface area contributed by atoms with Crippen LogP contribution in [0, 0.1) is 0 Å². The van der Waals surface area contributed by atoms with Crippen LogP contribution in [0.3, 0.4) is 0 Å². The highest BCUT2D eigenvalue weighted by Gasteiger charge is 2.38. The lowest BCUT2D eigenvalue weighted by Gasteiger charge is -2.15. The maximum absolute atomic E-state index is 13.0. The van der Waals surface area contributed by atoms with Crippen molar-refractivity contribution in [3.8, 4) is 5.75 Å². The molecule has 0 unspecified atom stereocenters. The quantitative estimate of drug-likeness (QED) is 0.496. The fourth-order valence-corrected chi connectivity index (χ4v) is 3.22. The topological polar surface area (TPSA) is 67.9 Å². The molecule has 1 N–H and O–H groups in total. The largest absolute Gasteiger partial charge is 0.494 e. The minimum absolute atomic E-state index is 0.249. The Labute approximate surface area is 175 Å².